The van der Waals surface area contributed by atoms with Gasteiger partial charge in [-0.2, -0.15) is 0 Å². The van der Waals surface area contributed by atoms with E-state index in [2.05, 4.69) is 20.7 Å². The number of imide groups is 1. The fourth-order valence-corrected chi connectivity index (χ4v) is 1.25. The van der Waals surface area contributed by atoms with Gasteiger partial charge in [0.25, 0.3) is 0 Å². The predicted molar refractivity (Wildman–Crippen MR) is 48.2 cm³/mol. The number of carbonyl (C=O) groups is 2. The van der Waals surface area contributed by atoms with Crippen LogP contribution in [0.1, 0.15) is 13.3 Å². The van der Waals surface area contributed by atoms with Crippen molar-refractivity contribution in [1.82, 2.24) is 10.6 Å². The van der Waals surface area contributed by atoms with Gasteiger partial charge in [-0.3, -0.25) is 20.2 Å². The molecule has 0 spiro atoms. The highest BCUT2D eigenvalue weighted by Crippen LogP contribution is 2.01. The standard InChI is InChI=1S/C7H11N5O2/c1-2-4-6(13)11-7(14)5(10-4)3-9-12-8/h4-5,10H,2-3H2,1H3,(H,11,13,14). The summed E-state index contributed by atoms with van der Waals surface area (Å²) in [7, 11) is 0. The van der Waals surface area contributed by atoms with E-state index in [1.165, 1.54) is 0 Å². The number of piperazine rings is 1. The molecule has 1 rings (SSSR count). The highest BCUT2D eigenvalue weighted by Gasteiger charge is 2.31. The summed E-state index contributed by atoms with van der Waals surface area (Å²) in [6.45, 7) is 1.85. The summed E-state index contributed by atoms with van der Waals surface area (Å²) in [5.74, 6) is -0.762. The van der Waals surface area contributed by atoms with Crippen LogP contribution in [-0.4, -0.2) is 30.4 Å². The molecule has 7 heteroatoms. The van der Waals surface area contributed by atoms with Crippen molar-refractivity contribution < 1.29 is 9.59 Å². The summed E-state index contributed by atoms with van der Waals surface area (Å²) in [5, 5.41) is 8.31. The monoisotopic (exact) mass is 197 g/mol. The molecule has 1 heterocycles. The zero-order chi connectivity index (χ0) is 10.6. The predicted octanol–water partition coefficient (Wildman–Crippen LogP) is -0.310. The van der Waals surface area contributed by atoms with Crippen LogP contribution in [0.2, 0.25) is 0 Å². The van der Waals surface area contributed by atoms with Crippen molar-refractivity contribution in [2.75, 3.05) is 6.54 Å². The van der Waals surface area contributed by atoms with Crippen LogP contribution in [0.3, 0.4) is 0 Å². The Bertz CT molecular complexity index is 296. The van der Waals surface area contributed by atoms with Crippen LogP contribution in [0.5, 0.6) is 0 Å². The van der Waals surface area contributed by atoms with Gasteiger partial charge in [-0.15, -0.1) is 0 Å². The molecule has 7 nitrogen and oxygen atoms in total. The van der Waals surface area contributed by atoms with Gasteiger partial charge >= 0.3 is 0 Å². The van der Waals surface area contributed by atoms with Crippen molar-refractivity contribution in [1.29, 1.82) is 0 Å². The smallest absolute Gasteiger partial charge is 0.243 e. The van der Waals surface area contributed by atoms with E-state index in [4.69, 9.17) is 5.53 Å². The topological polar surface area (TPSA) is 107 Å². The number of carbonyl (C=O) groups excluding carboxylic acids is 2. The Morgan fingerprint density at radius 3 is 2.64 bits per heavy atom. The molecule has 1 aliphatic rings. The molecule has 0 saturated carbocycles. The number of rotatable bonds is 3. The molecule has 2 N–H and O–H groups in total. The van der Waals surface area contributed by atoms with Gasteiger partial charge < -0.3 is 0 Å². The van der Waals surface area contributed by atoms with E-state index >= 15 is 0 Å². The van der Waals surface area contributed by atoms with Crippen molar-refractivity contribution in [3.8, 4) is 0 Å². The fourth-order valence-electron chi connectivity index (χ4n) is 1.25. The average molecular weight is 197 g/mol. The van der Waals surface area contributed by atoms with Gasteiger partial charge in [-0.05, 0) is 12.0 Å². The lowest BCUT2D eigenvalue weighted by atomic mass is 10.1. The molecular formula is C7H11N5O2. The average Bonchev–Trinajstić information content (AvgIpc) is 2.17. The van der Waals surface area contributed by atoms with Gasteiger partial charge in [0, 0.05) is 4.91 Å². The molecule has 76 valence electrons. The molecule has 14 heavy (non-hydrogen) atoms. The van der Waals surface area contributed by atoms with Crippen molar-refractivity contribution in [2.24, 2.45) is 5.11 Å². The second-order valence-electron chi connectivity index (χ2n) is 2.95. The van der Waals surface area contributed by atoms with Crippen LogP contribution in [0.15, 0.2) is 5.11 Å². The van der Waals surface area contributed by atoms with Crippen LogP contribution in [0.4, 0.5) is 0 Å². The molecule has 2 amide bonds. The van der Waals surface area contributed by atoms with Crippen molar-refractivity contribution in [3.63, 3.8) is 0 Å². The zero-order valence-electron chi connectivity index (χ0n) is 7.73. The van der Waals surface area contributed by atoms with Crippen LogP contribution in [0, 0.1) is 0 Å². The van der Waals surface area contributed by atoms with Crippen molar-refractivity contribution >= 4 is 11.8 Å². The van der Waals surface area contributed by atoms with E-state index < -0.39 is 11.9 Å². The molecule has 1 saturated heterocycles. The third-order valence-corrected chi connectivity index (χ3v) is 2.02. The van der Waals surface area contributed by atoms with Gasteiger partial charge in [0.05, 0.1) is 18.6 Å². The summed E-state index contributed by atoms with van der Waals surface area (Å²) < 4.78 is 0. The second-order valence-corrected chi connectivity index (χ2v) is 2.95. The lowest BCUT2D eigenvalue weighted by Crippen LogP contribution is -2.62. The Morgan fingerprint density at radius 1 is 1.43 bits per heavy atom. The maximum atomic E-state index is 11.2. The molecule has 2 unspecified atom stereocenters. The molecule has 0 aromatic carbocycles. The highest BCUT2D eigenvalue weighted by atomic mass is 16.2. The first-order chi connectivity index (χ1) is 6.69. The van der Waals surface area contributed by atoms with Gasteiger partial charge in [-0.25, -0.2) is 0 Å². The number of azide groups is 1. The first kappa shape index (κ1) is 10.5. The molecule has 1 fully saturated rings. The quantitative estimate of drug-likeness (QED) is 0.280. The SMILES string of the molecule is CCC1NC(CN=[N+]=[N-])C(=O)NC1=O. The molecule has 0 aliphatic carbocycles. The van der Waals surface area contributed by atoms with Crippen LogP contribution < -0.4 is 10.6 Å². The third-order valence-electron chi connectivity index (χ3n) is 2.02. The van der Waals surface area contributed by atoms with E-state index in [0.29, 0.717) is 6.42 Å². The largest absolute Gasteiger partial charge is 0.295 e. The number of amides is 2. The van der Waals surface area contributed by atoms with E-state index in [9.17, 15) is 9.59 Å². The number of hydrogen-bond acceptors (Lipinski definition) is 4. The summed E-state index contributed by atoms with van der Waals surface area (Å²) in [6.07, 6.45) is 0.589. The Kier molecular flexibility index (Phi) is 3.44. The van der Waals surface area contributed by atoms with E-state index in [1.54, 1.807) is 0 Å². The van der Waals surface area contributed by atoms with E-state index in [1.807, 2.05) is 6.92 Å². The lowest BCUT2D eigenvalue weighted by molar-refractivity contribution is -0.136. The number of nitrogens with zero attached hydrogens (tertiary/aromatic N) is 3. The number of nitrogens with one attached hydrogen (secondary N) is 2. The number of hydrogen-bond donors (Lipinski definition) is 2. The zero-order valence-corrected chi connectivity index (χ0v) is 7.73. The first-order valence-electron chi connectivity index (χ1n) is 4.30. The summed E-state index contributed by atoms with van der Waals surface area (Å²) in [6, 6.07) is -0.986. The Hall–Kier alpha value is -1.59. The third kappa shape index (κ3) is 2.21. The lowest BCUT2D eigenvalue weighted by Gasteiger charge is -2.27. The molecule has 1 aliphatic heterocycles. The van der Waals surface area contributed by atoms with E-state index in [0.717, 1.165) is 0 Å². The van der Waals surface area contributed by atoms with Gasteiger partial charge in [0.1, 0.15) is 0 Å². The maximum Gasteiger partial charge on any atom is 0.243 e. The Balaban J connectivity index is 2.63. The molecule has 0 aromatic heterocycles. The molecule has 0 aromatic rings. The van der Waals surface area contributed by atoms with Crippen molar-refractivity contribution in [2.45, 2.75) is 25.4 Å². The molecule has 0 bridgehead atoms. The second kappa shape index (κ2) is 4.59. The van der Waals surface area contributed by atoms with E-state index in [-0.39, 0.29) is 18.5 Å². The van der Waals surface area contributed by atoms with Crippen LogP contribution in [0.25, 0.3) is 10.4 Å². The van der Waals surface area contributed by atoms with Gasteiger partial charge in [0.15, 0.2) is 0 Å². The minimum atomic E-state index is -0.603. The van der Waals surface area contributed by atoms with Gasteiger partial charge in [-0.1, -0.05) is 12.0 Å². The molecular weight excluding hydrogens is 186 g/mol. The van der Waals surface area contributed by atoms with Crippen molar-refractivity contribution in [3.05, 3.63) is 10.4 Å². The minimum absolute atomic E-state index is 0.0200. The maximum absolute atomic E-state index is 11.2. The fraction of sp³-hybridized carbons (Fsp3) is 0.714. The molecule has 2 atom stereocenters. The summed E-state index contributed by atoms with van der Waals surface area (Å²) in [5.41, 5.74) is 8.09. The van der Waals surface area contributed by atoms with Crippen LogP contribution in [-0.2, 0) is 9.59 Å². The normalized spacial score (nSPS) is 26.6. The Morgan fingerprint density at radius 2 is 2.07 bits per heavy atom. The Labute approximate surface area is 80.5 Å². The minimum Gasteiger partial charge on any atom is -0.295 e. The first-order valence-corrected chi connectivity index (χ1v) is 4.30. The van der Waals surface area contributed by atoms with Crippen LogP contribution >= 0.6 is 0 Å². The van der Waals surface area contributed by atoms with Gasteiger partial charge in [0.2, 0.25) is 11.8 Å². The molecule has 0 radical (unpaired) electrons. The summed E-state index contributed by atoms with van der Waals surface area (Å²) >= 11 is 0. The summed E-state index contributed by atoms with van der Waals surface area (Å²) in [4.78, 5) is 24.9. The highest BCUT2D eigenvalue weighted by molar-refractivity contribution is 6.02.